The highest BCUT2D eigenvalue weighted by molar-refractivity contribution is 6.33. The van der Waals surface area contributed by atoms with Gasteiger partial charge >= 0.3 is 0 Å². The molecule has 5 nitrogen and oxygen atoms in total. The number of piperazine rings is 1. The fourth-order valence-corrected chi connectivity index (χ4v) is 2.47. The zero-order valence-corrected chi connectivity index (χ0v) is 12.9. The van der Waals surface area contributed by atoms with Crippen LogP contribution in [0.4, 0.5) is 5.82 Å². The van der Waals surface area contributed by atoms with Gasteiger partial charge in [0.05, 0.1) is 10.6 Å². The molecule has 1 N–H and O–H groups in total. The Balaban J connectivity index is 2.18. The van der Waals surface area contributed by atoms with Crippen LogP contribution in [0.1, 0.15) is 24.2 Å². The minimum atomic E-state index is -0.0171. The molecule has 1 saturated heterocycles. The van der Waals surface area contributed by atoms with Crippen LogP contribution < -0.4 is 5.32 Å². The summed E-state index contributed by atoms with van der Waals surface area (Å²) >= 11 is 6.13. The summed E-state index contributed by atoms with van der Waals surface area (Å²) in [4.78, 5) is 20.9. The van der Waals surface area contributed by atoms with E-state index in [4.69, 9.17) is 11.6 Å². The summed E-state index contributed by atoms with van der Waals surface area (Å²) in [5.41, 5.74) is 0.523. The number of aromatic nitrogens is 1. The summed E-state index contributed by atoms with van der Waals surface area (Å²) in [6.07, 6.45) is 1.53. The standard InChI is InChI=1S/C14H21ClN4O/c1-4-16-13-7-11(12(15)8-17-13)14(20)19-6-5-18(3)10(2)9-19/h7-8,10H,4-6,9H2,1-3H3,(H,16,17). The molecule has 1 atom stereocenters. The third-order valence-corrected chi connectivity index (χ3v) is 3.99. The van der Waals surface area contributed by atoms with Gasteiger partial charge in [0.25, 0.3) is 5.91 Å². The molecule has 1 aromatic rings. The van der Waals surface area contributed by atoms with Gasteiger partial charge in [-0.2, -0.15) is 0 Å². The van der Waals surface area contributed by atoms with E-state index in [0.29, 0.717) is 22.4 Å². The largest absolute Gasteiger partial charge is 0.370 e. The van der Waals surface area contributed by atoms with E-state index in [0.717, 1.165) is 26.2 Å². The molecule has 0 saturated carbocycles. The lowest BCUT2D eigenvalue weighted by molar-refractivity contribution is 0.0572. The summed E-state index contributed by atoms with van der Waals surface area (Å²) in [6, 6.07) is 2.10. The highest BCUT2D eigenvalue weighted by Gasteiger charge is 2.26. The van der Waals surface area contributed by atoms with Gasteiger partial charge in [-0.25, -0.2) is 4.98 Å². The van der Waals surface area contributed by atoms with Crippen LogP contribution in [-0.2, 0) is 0 Å². The molecule has 1 aliphatic heterocycles. The molecule has 20 heavy (non-hydrogen) atoms. The maximum atomic E-state index is 12.6. The summed E-state index contributed by atoms with van der Waals surface area (Å²) in [5, 5.41) is 3.51. The summed E-state index contributed by atoms with van der Waals surface area (Å²) < 4.78 is 0. The van der Waals surface area contributed by atoms with Gasteiger partial charge in [0.15, 0.2) is 0 Å². The predicted octanol–water partition coefficient (Wildman–Crippen LogP) is 1.94. The average molecular weight is 297 g/mol. The van der Waals surface area contributed by atoms with Gasteiger partial charge in [-0.05, 0) is 27.0 Å². The molecule has 1 amide bonds. The van der Waals surface area contributed by atoms with E-state index in [1.807, 2.05) is 11.8 Å². The van der Waals surface area contributed by atoms with Crippen molar-refractivity contribution in [1.82, 2.24) is 14.8 Å². The van der Waals surface area contributed by atoms with E-state index in [9.17, 15) is 4.79 Å². The van der Waals surface area contributed by atoms with E-state index in [1.54, 1.807) is 6.07 Å². The number of carbonyl (C=O) groups excluding carboxylic acids is 1. The molecule has 0 spiro atoms. The average Bonchev–Trinajstić information content (AvgIpc) is 2.43. The first kappa shape index (κ1) is 15.1. The molecule has 0 bridgehead atoms. The Hall–Kier alpha value is -1.33. The normalized spacial score (nSPS) is 20.0. The van der Waals surface area contributed by atoms with E-state index >= 15 is 0 Å². The van der Waals surface area contributed by atoms with Crippen LogP contribution in [0.25, 0.3) is 0 Å². The van der Waals surface area contributed by atoms with Crippen molar-refractivity contribution < 1.29 is 4.79 Å². The van der Waals surface area contributed by atoms with Crippen molar-refractivity contribution in [3.8, 4) is 0 Å². The predicted molar refractivity (Wildman–Crippen MR) is 81.4 cm³/mol. The number of anilines is 1. The number of amides is 1. The topological polar surface area (TPSA) is 48.5 Å². The highest BCUT2D eigenvalue weighted by Crippen LogP contribution is 2.21. The number of nitrogens with one attached hydrogen (secondary N) is 1. The van der Waals surface area contributed by atoms with Gasteiger partial charge in [-0.1, -0.05) is 11.6 Å². The molecule has 1 fully saturated rings. The third-order valence-electron chi connectivity index (χ3n) is 3.69. The second-order valence-corrected chi connectivity index (χ2v) is 5.57. The van der Waals surface area contributed by atoms with E-state index in [2.05, 4.69) is 29.2 Å². The third kappa shape index (κ3) is 3.22. The Morgan fingerprint density at radius 1 is 1.55 bits per heavy atom. The van der Waals surface area contributed by atoms with Gasteiger partial charge in [-0.3, -0.25) is 4.79 Å². The molecule has 1 aromatic heterocycles. The quantitative estimate of drug-likeness (QED) is 0.926. The van der Waals surface area contributed by atoms with Crippen molar-refractivity contribution in [1.29, 1.82) is 0 Å². The van der Waals surface area contributed by atoms with Crippen LogP contribution in [-0.4, -0.2) is 60.0 Å². The molecule has 2 rings (SSSR count). The number of hydrogen-bond acceptors (Lipinski definition) is 4. The van der Waals surface area contributed by atoms with Crippen LogP contribution >= 0.6 is 11.6 Å². The fraction of sp³-hybridized carbons (Fsp3) is 0.571. The Morgan fingerprint density at radius 3 is 2.95 bits per heavy atom. The lowest BCUT2D eigenvalue weighted by atomic mass is 10.1. The molecule has 0 aliphatic carbocycles. The molecular weight excluding hydrogens is 276 g/mol. The summed E-state index contributed by atoms with van der Waals surface area (Å²) in [6.45, 7) is 7.21. The molecule has 2 heterocycles. The zero-order valence-electron chi connectivity index (χ0n) is 12.2. The maximum Gasteiger partial charge on any atom is 0.255 e. The van der Waals surface area contributed by atoms with Crippen molar-refractivity contribution in [2.24, 2.45) is 0 Å². The van der Waals surface area contributed by atoms with Crippen LogP contribution in [0.5, 0.6) is 0 Å². The van der Waals surface area contributed by atoms with Crippen molar-refractivity contribution in [3.63, 3.8) is 0 Å². The molecule has 110 valence electrons. The van der Waals surface area contributed by atoms with Crippen molar-refractivity contribution in [2.75, 3.05) is 38.5 Å². The molecule has 1 unspecified atom stereocenters. The second-order valence-electron chi connectivity index (χ2n) is 5.16. The van der Waals surface area contributed by atoms with Crippen molar-refractivity contribution >= 4 is 23.3 Å². The van der Waals surface area contributed by atoms with Crippen LogP contribution in [0.3, 0.4) is 0 Å². The Kier molecular flexibility index (Phi) is 4.83. The molecule has 0 radical (unpaired) electrons. The SMILES string of the molecule is CCNc1cc(C(=O)N2CCN(C)C(C)C2)c(Cl)cn1. The lowest BCUT2D eigenvalue weighted by Crippen LogP contribution is -2.52. The van der Waals surface area contributed by atoms with E-state index < -0.39 is 0 Å². The number of carbonyl (C=O) groups is 1. The number of pyridine rings is 1. The second kappa shape index (κ2) is 6.41. The molecular formula is C14H21ClN4O. The van der Waals surface area contributed by atoms with E-state index in [-0.39, 0.29) is 5.91 Å². The number of nitrogens with zero attached hydrogens (tertiary/aromatic N) is 3. The first-order valence-corrected chi connectivity index (χ1v) is 7.29. The van der Waals surface area contributed by atoms with Crippen LogP contribution in [0.2, 0.25) is 5.02 Å². The number of likely N-dealkylation sites (N-methyl/N-ethyl adjacent to an activating group) is 1. The monoisotopic (exact) mass is 296 g/mol. The minimum absolute atomic E-state index is 0.0171. The Labute approximate surface area is 124 Å². The Bertz CT molecular complexity index is 494. The van der Waals surface area contributed by atoms with Crippen LogP contribution in [0, 0.1) is 0 Å². The highest BCUT2D eigenvalue weighted by atomic mass is 35.5. The molecule has 0 aromatic carbocycles. The molecule has 1 aliphatic rings. The molecule has 6 heteroatoms. The van der Waals surface area contributed by atoms with Crippen molar-refractivity contribution in [3.05, 3.63) is 22.8 Å². The number of halogens is 1. The van der Waals surface area contributed by atoms with Gasteiger partial charge in [0.2, 0.25) is 0 Å². The van der Waals surface area contributed by atoms with Gasteiger partial charge in [0, 0.05) is 38.4 Å². The number of hydrogen-bond donors (Lipinski definition) is 1. The lowest BCUT2D eigenvalue weighted by Gasteiger charge is -2.37. The Morgan fingerprint density at radius 2 is 2.30 bits per heavy atom. The van der Waals surface area contributed by atoms with Crippen molar-refractivity contribution in [2.45, 2.75) is 19.9 Å². The maximum absolute atomic E-state index is 12.6. The first-order valence-electron chi connectivity index (χ1n) is 6.91. The fourth-order valence-electron chi connectivity index (χ4n) is 2.28. The smallest absolute Gasteiger partial charge is 0.255 e. The van der Waals surface area contributed by atoms with Gasteiger partial charge < -0.3 is 15.1 Å². The van der Waals surface area contributed by atoms with E-state index in [1.165, 1.54) is 6.20 Å². The number of rotatable bonds is 3. The first-order chi connectivity index (χ1) is 9.52. The van der Waals surface area contributed by atoms with Gasteiger partial charge in [0.1, 0.15) is 5.82 Å². The van der Waals surface area contributed by atoms with Crippen LogP contribution in [0.15, 0.2) is 12.3 Å². The minimum Gasteiger partial charge on any atom is -0.370 e. The summed E-state index contributed by atoms with van der Waals surface area (Å²) in [5.74, 6) is 0.666. The summed E-state index contributed by atoms with van der Waals surface area (Å²) in [7, 11) is 2.08. The van der Waals surface area contributed by atoms with Gasteiger partial charge in [-0.15, -0.1) is 0 Å². The zero-order chi connectivity index (χ0) is 14.7.